The summed E-state index contributed by atoms with van der Waals surface area (Å²) in [6, 6.07) is 7.98. The number of hydrogen-bond acceptors (Lipinski definition) is 5. The van der Waals surface area contributed by atoms with Gasteiger partial charge in [-0.1, -0.05) is 18.6 Å². The van der Waals surface area contributed by atoms with Crippen molar-refractivity contribution in [2.24, 2.45) is 5.92 Å². The Morgan fingerprint density at radius 1 is 1.22 bits per heavy atom. The van der Waals surface area contributed by atoms with E-state index in [9.17, 15) is 9.59 Å². The maximum atomic E-state index is 13.1. The summed E-state index contributed by atoms with van der Waals surface area (Å²) in [6.07, 6.45) is 8.03. The summed E-state index contributed by atoms with van der Waals surface area (Å²) in [5.41, 5.74) is 0.585. The topological polar surface area (TPSA) is 78.5 Å². The van der Waals surface area contributed by atoms with E-state index in [-0.39, 0.29) is 11.5 Å². The lowest BCUT2D eigenvalue weighted by Gasteiger charge is -2.45. The Morgan fingerprint density at radius 3 is 2.94 bits per heavy atom. The highest BCUT2D eigenvalue weighted by atomic mass is 16.5. The van der Waals surface area contributed by atoms with Crippen molar-refractivity contribution in [2.75, 3.05) is 39.9 Å². The normalized spacial score (nSPS) is 21.4. The number of para-hydroxylation sites is 1. The Hall–Kier alpha value is -2.25. The zero-order chi connectivity index (χ0) is 22.3. The average Bonchev–Trinajstić information content (AvgIpc) is 2.82. The number of rotatable bonds is 9. The van der Waals surface area contributed by atoms with Crippen LogP contribution in [-0.4, -0.2) is 71.6 Å². The molecular weight excluding hydrogens is 404 g/mol. The number of methoxy groups -OCH3 is 1. The Morgan fingerprint density at radius 2 is 2.06 bits per heavy atom. The molecule has 7 heteroatoms. The van der Waals surface area contributed by atoms with E-state index in [1.807, 2.05) is 23.1 Å². The van der Waals surface area contributed by atoms with Gasteiger partial charge in [0, 0.05) is 39.1 Å². The lowest BCUT2D eigenvalue weighted by atomic mass is 9.83. The fourth-order valence-corrected chi connectivity index (χ4v) is 5.41. The molecule has 0 aliphatic carbocycles. The molecule has 3 heterocycles. The number of fused-ring (bicyclic) bond motifs is 2. The Labute approximate surface area is 190 Å². The van der Waals surface area contributed by atoms with Gasteiger partial charge in [0.15, 0.2) is 0 Å². The number of ether oxygens (including phenoxy) is 1. The van der Waals surface area contributed by atoms with Crippen LogP contribution in [0.4, 0.5) is 0 Å². The minimum Gasteiger partial charge on any atom is -0.383 e. The van der Waals surface area contributed by atoms with Crippen LogP contribution in [0.25, 0.3) is 10.9 Å². The first kappa shape index (κ1) is 22.9. The van der Waals surface area contributed by atoms with Gasteiger partial charge in [0.2, 0.25) is 5.91 Å². The number of hydrogen-bond donors (Lipinski definition) is 1. The fourth-order valence-electron chi connectivity index (χ4n) is 5.41. The third-order valence-corrected chi connectivity index (χ3v) is 7.07. The molecule has 0 spiro atoms. The molecule has 2 saturated heterocycles. The van der Waals surface area contributed by atoms with E-state index < -0.39 is 0 Å². The van der Waals surface area contributed by atoms with Crippen LogP contribution in [0.1, 0.15) is 50.8 Å². The smallest absolute Gasteiger partial charge is 0.258 e. The number of aryl methyl sites for hydroxylation is 1. The number of amides is 1. The van der Waals surface area contributed by atoms with Gasteiger partial charge in [-0.15, -0.1) is 0 Å². The van der Waals surface area contributed by atoms with E-state index in [4.69, 9.17) is 4.74 Å². The molecule has 32 heavy (non-hydrogen) atoms. The zero-order valence-electron chi connectivity index (χ0n) is 19.2. The molecule has 2 aliphatic heterocycles. The van der Waals surface area contributed by atoms with Crippen molar-refractivity contribution >= 4 is 16.8 Å². The van der Waals surface area contributed by atoms with Gasteiger partial charge in [0.05, 0.1) is 17.5 Å². The third-order valence-electron chi connectivity index (χ3n) is 7.07. The molecule has 0 saturated carbocycles. The van der Waals surface area contributed by atoms with Crippen LogP contribution < -0.4 is 5.56 Å². The predicted molar refractivity (Wildman–Crippen MR) is 126 cm³/mol. The molecule has 0 bridgehead atoms. The molecule has 174 valence electrons. The number of nitrogens with zero attached hydrogens (tertiary/aromatic N) is 3. The van der Waals surface area contributed by atoms with Crippen molar-refractivity contribution in [1.82, 2.24) is 19.8 Å². The van der Waals surface area contributed by atoms with Gasteiger partial charge in [-0.05, 0) is 63.2 Å². The number of piperidine rings is 2. The second-order valence-corrected chi connectivity index (χ2v) is 9.22. The highest BCUT2D eigenvalue weighted by Gasteiger charge is 2.34. The van der Waals surface area contributed by atoms with Gasteiger partial charge >= 0.3 is 0 Å². The van der Waals surface area contributed by atoms with E-state index in [0.29, 0.717) is 61.1 Å². The molecule has 1 N–H and O–H groups in total. The summed E-state index contributed by atoms with van der Waals surface area (Å²) < 4.78 is 5.29. The van der Waals surface area contributed by atoms with E-state index >= 15 is 0 Å². The maximum Gasteiger partial charge on any atom is 0.258 e. The minimum absolute atomic E-state index is 0.118. The van der Waals surface area contributed by atoms with Gasteiger partial charge in [0.1, 0.15) is 5.82 Å². The van der Waals surface area contributed by atoms with Crippen molar-refractivity contribution in [3.8, 4) is 0 Å². The highest BCUT2D eigenvalue weighted by Crippen LogP contribution is 2.31. The number of benzene rings is 1. The van der Waals surface area contributed by atoms with Crippen molar-refractivity contribution < 1.29 is 9.53 Å². The first-order valence-electron chi connectivity index (χ1n) is 12.1. The van der Waals surface area contributed by atoms with Crippen LogP contribution in [0.5, 0.6) is 0 Å². The minimum atomic E-state index is -0.118. The largest absolute Gasteiger partial charge is 0.383 e. The van der Waals surface area contributed by atoms with Crippen LogP contribution in [0.2, 0.25) is 0 Å². The lowest BCUT2D eigenvalue weighted by molar-refractivity contribution is -0.133. The summed E-state index contributed by atoms with van der Waals surface area (Å²) in [6.45, 7) is 4.46. The number of carbonyl (C=O) groups excluding carboxylic acids is 1. The predicted octanol–water partition coefficient (Wildman–Crippen LogP) is 2.99. The average molecular weight is 441 g/mol. The van der Waals surface area contributed by atoms with Gasteiger partial charge in [-0.3, -0.25) is 9.59 Å². The highest BCUT2D eigenvalue weighted by molar-refractivity contribution is 5.77. The second-order valence-electron chi connectivity index (χ2n) is 9.22. The molecule has 2 aliphatic rings. The Balaban J connectivity index is 1.35. The third kappa shape index (κ3) is 5.56. The van der Waals surface area contributed by atoms with Gasteiger partial charge < -0.3 is 19.5 Å². The molecule has 2 aromatic rings. The Kier molecular flexibility index (Phi) is 7.92. The maximum absolute atomic E-state index is 13.1. The SMILES string of the molecule is COCCN(C[C@H]1CCCN2CCCC[C@H]12)C(=O)CCCc1nc2ccccc2c(=O)[nH]1. The number of nitrogens with one attached hydrogen (secondary N) is 1. The van der Waals surface area contributed by atoms with Gasteiger partial charge in [-0.25, -0.2) is 4.98 Å². The van der Waals surface area contributed by atoms with Crippen molar-refractivity contribution in [1.29, 1.82) is 0 Å². The summed E-state index contributed by atoms with van der Waals surface area (Å²) >= 11 is 0. The molecular formula is C25H36N4O3. The summed E-state index contributed by atoms with van der Waals surface area (Å²) in [7, 11) is 1.69. The van der Waals surface area contributed by atoms with E-state index in [1.165, 1.54) is 45.2 Å². The first-order chi connectivity index (χ1) is 15.7. The lowest BCUT2D eigenvalue weighted by Crippen LogP contribution is -2.52. The zero-order valence-corrected chi connectivity index (χ0v) is 19.2. The summed E-state index contributed by atoms with van der Waals surface area (Å²) in [5, 5.41) is 0.599. The van der Waals surface area contributed by atoms with E-state index in [2.05, 4.69) is 14.9 Å². The monoisotopic (exact) mass is 440 g/mol. The van der Waals surface area contributed by atoms with Crippen LogP contribution in [-0.2, 0) is 16.0 Å². The fraction of sp³-hybridized carbons (Fsp3) is 0.640. The quantitative estimate of drug-likeness (QED) is 0.649. The number of aromatic amines is 1. The second kappa shape index (κ2) is 11.1. The number of aromatic nitrogens is 2. The molecule has 1 aromatic carbocycles. The van der Waals surface area contributed by atoms with E-state index in [1.54, 1.807) is 13.2 Å². The van der Waals surface area contributed by atoms with Crippen LogP contribution in [0.3, 0.4) is 0 Å². The molecule has 0 unspecified atom stereocenters. The number of H-pyrrole nitrogens is 1. The van der Waals surface area contributed by atoms with Crippen molar-refractivity contribution in [2.45, 2.75) is 57.4 Å². The molecule has 2 fully saturated rings. The molecule has 1 amide bonds. The van der Waals surface area contributed by atoms with Gasteiger partial charge in [0.25, 0.3) is 5.56 Å². The van der Waals surface area contributed by atoms with Crippen LogP contribution in [0.15, 0.2) is 29.1 Å². The molecule has 2 atom stereocenters. The Bertz CT molecular complexity index is 958. The van der Waals surface area contributed by atoms with Crippen LogP contribution in [0, 0.1) is 5.92 Å². The van der Waals surface area contributed by atoms with Crippen molar-refractivity contribution in [3.63, 3.8) is 0 Å². The van der Waals surface area contributed by atoms with Crippen LogP contribution >= 0.6 is 0 Å². The molecule has 4 rings (SSSR count). The van der Waals surface area contributed by atoms with Gasteiger partial charge in [-0.2, -0.15) is 0 Å². The molecule has 7 nitrogen and oxygen atoms in total. The standard InChI is InChI=1S/C25H36N4O3/c1-32-17-16-29(18-19-8-7-15-28-14-5-4-11-22(19)28)24(30)13-6-12-23-26-21-10-3-2-9-20(21)25(31)27-23/h2-3,9-10,19,22H,4-8,11-18H2,1H3,(H,26,27,31)/t19-,22-/m1/s1. The van der Waals surface area contributed by atoms with E-state index in [0.717, 1.165) is 6.54 Å². The summed E-state index contributed by atoms with van der Waals surface area (Å²) in [4.78, 5) is 37.5. The number of carbonyl (C=O) groups is 1. The first-order valence-corrected chi connectivity index (χ1v) is 12.1. The van der Waals surface area contributed by atoms with Crippen molar-refractivity contribution in [3.05, 3.63) is 40.4 Å². The summed E-state index contributed by atoms with van der Waals surface area (Å²) in [5.74, 6) is 1.39. The molecule has 0 radical (unpaired) electrons. The molecule has 1 aromatic heterocycles.